The molecule has 1 aromatic carbocycles. The number of hydrogen-bond acceptors (Lipinski definition) is 2. The highest BCUT2D eigenvalue weighted by Gasteiger charge is 2.21. The van der Waals surface area contributed by atoms with E-state index in [2.05, 4.69) is 10.6 Å². The van der Waals surface area contributed by atoms with Gasteiger partial charge in [0.1, 0.15) is 0 Å². The fourth-order valence-electron chi connectivity index (χ4n) is 2.64. The van der Waals surface area contributed by atoms with Crippen LogP contribution in [0.15, 0.2) is 30.3 Å². The van der Waals surface area contributed by atoms with Crippen LogP contribution in [-0.2, 0) is 4.79 Å². The molecule has 0 spiro atoms. The van der Waals surface area contributed by atoms with Gasteiger partial charge in [0, 0.05) is 5.92 Å². The van der Waals surface area contributed by atoms with Crippen LogP contribution in [0.4, 0.5) is 0 Å². The number of rotatable bonds is 3. The Hall–Kier alpha value is -1.42. The number of carbonyl (C=O) groups excluding carboxylic acids is 1. The van der Waals surface area contributed by atoms with E-state index < -0.39 is 0 Å². The zero-order valence-electron chi connectivity index (χ0n) is 11.9. The molecule has 0 saturated heterocycles. The van der Waals surface area contributed by atoms with E-state index in [1.54, 1.807) is 0 Å². The molecule has 108 valence electrons. The van der Waals surface area contributed by atoms with Gasteiger partial charge in [-0.25, -0.2) is 0 Å². The predicted molar refractivity (Wildman–Crippen MR) is 85.3 cm³/mol. The van der Waals surface area contributed by atoms with Crippen LogP contribution < -0.4 is 10.6 Å². The molecule has 1 saturated carbocycles. The third kappa shape index (κ3) is 4.30. The number of nitrogens with one attached hydrogen (secondary N) is 2. The second kappa shape index (κ2) is 7.39. The summed E-state index contributed by atoms with van der Waals surface area (Å²) in [7, 11) is 0. The van der Waals surface area contributed by atoms with Crippen molar-refractivity contribution in [2.75, 3.05) is 0 Å². The molecule has 0 radical (unpaired) electrons. The van der Waals surface area contributed by atoms with Crippen LogP contribution >= 0.6 is 12.2 Å². The van der Waals surface area contributed by atoms with E-state index in [0.29, 0.717) is 5.11 Å². The molecular formula is C16H22N2OS. The van der Waals surface area contributed by atoms with Crippen LogP contribution in [0, 0.1) is 5.92 Å². The van der Waals surface area contributed by atoms with E-state index in [1.807, 2.05) is 37.3 Å². The van der Waals surface area contributed by atoms with Crippen molar-refractivity contribution in [3.63, 3.8) is 0 Å². The molecule has 1 aliphatic rings. The first kappa shape index (κ1) is 15.0. The highest BCUT2D eigenvalue weighted by molar-refractivity contribution is 7.80. The van der Waals surface area contributed by atoms with Crippen molar-refractivity contribution >= 4 is 23.2 Å². The number of thiocarbonyl (C=S) groups is 1. The maximum Gasteiger partial charge on any atom is 0.229 e. The van der Waals surface area contributed by atoms with Gasteiger partial charge in [-0.15, -0.1) is 0 Å². The summed E-state index contributed by atoms with van der Waals surface area (Å²) >= 11 is 5.23. The first-order chi connectivity index (χ1) is 9.66. The molecule has 1 fully saturated rings. The van der Waals surface area contributed by atoms with E-state index >= 15 is 0 Å². The molecule has 1 amide bonds. The minimum absolute atomic E-state index is 0.0717. The van der Waals surface area contributed by atoms with Gasteiger partial charge in [-0.3, -0.25) is 4.79 Å². The largest absolute Gasteiger partial charge is 0.356 e. The lowest BCUT2D eigenvalue weighted by atomic mass is 9.89. The molecule has 3 nitrogen and oxygen atoms in total. The van der Waals surface area contributed by atoms with Crippen molar-refractivity contribution in [2.45, 2.75) is 45.1 Å². The normalized spacial score (nSPS) is 17.2. The Morgan fingerprint density at radius 3 is 2.50 bits per heavy atom. The van der Waals surface area contributed by atoms with Gasteiger partial charge in [-0.2, -0.15) is 0 Å². The highest BCUT2D eigenvalue weighted by atomic mass is 32.1. The van der Waals surface area contributed by atoms with Crippen molar-refractivity contribution < 1.29 is 4.79 Å². The van der Waals surface area contributed by atoms with Crippen molar-refractivity contribution in [3.05, 3.63) is 35.9 Å². The van der Waals surface area contributed by atoms with E-state index in [1.165, 1.54) is 6.42 Å². The number of hydrogen-bond donors (Lipinski definition) is 2. The van der Waals surface area contributed by atoms with Gasteiger partial charge in [0.15, 0.2) is 5.11 Å². The van der Waals surface area contributed by atoms with Gasteiger partial charge in [-0.05, 0) is 37.5 Å². The summed E-state index contributed by atoms with van der Waals surface area (Å²) in [6.45, 7) is 2.04. The summed E-state index contributed by atoms with van der Waals surface area (Å²) in [5.74, 6) is 0.206. The van der Waals surface area contributed by atoms with E-state index in [4.69, 9.17) is 12.2 Å². The van der Waals surface area contributed by atoms with Gasteiger partial charge in [0.05, 0.1) is 6.04 Å². The molecule has 2 N–H and O–H groups in total. The Labute approximate surface area is 126 Å². The summed E-state index contributed by atoms with van der Waals surface area (Å²) in [5.41, 5.74) is 1.15. The Morgan fingerprint density at radius 2 is 1.85 bits per heavy atom. The molecule has 1 aromatic rings. The maximum absolute atomic E-state index is 12.1. The number of amides is 1. The highest BCUT2D eigenvalue weighted by Crippen LogP contribution is 2.23. The zero-order chi connectivity index (χ0) is 14.4. The molecule has 2 rings (SSSR count). The van der Waals surface area contributed by atoms with Crippen molar-refractivity contribution in [1.82, 2.24) is 10.6 Å². The fourth-order valence-corrected chi connectivity index (χ4v) is 2.91. The SMILES string of the molecule is C[C@H](NC(=S)NC(=O)C1CCCCC1)c1ccccc1. The second-order valence-electron chi connectivity index (χ2n) is 5.43. The lowest BCUT2D eigenvalue weighted by Crippen LogP contribution is -2.43. The lowest BCUT2D eigenvalue weighted by Gasteiger charge is -2.22. The molecule has 0 bridgehead atoms. The summed E-state index contributed by atoms with van der Waals surface area (Å²) < 4.78 is 0. The number of carbonyl (C=O) groups is 1. The average Bonchev–Trinajstić information content (AvgIpc) is 2.49. The zero-order valence-corrected chi connectivity index (χ0v) is 12.7. The van der Waals surface area contributed by atoms with Gasteiger partial charge in [0.2, 0.25) is 5.91 Å². The van der Waals surface area contributed by atoms with Crippen LogP contribution in [0.5, 0.6) is 0 Å². The lowest BCUT2D eigenvalue weighted by molar-refractivity contribution is -0.124. The van der Waals surface area contributed by atoms with Gasteiger partial charge >= 0.3 is 0 Å². The van der Waals surface area contributed by atoms with Crippen molar-refractivity contribution in [3.8, 4) is 0 Å². The molecular weight excluding hydrogens is 268 g/mol. The van der Waals surface area contributed by atoms with Gasteiger partial charge in [0.25, 0.3) is 0 Å². The first-order valence-corrected chi connectivity index (χ1v) is 7.74. The predicted octanol–water partition coefficient (Wildman–Crippen LogP) is 3.32. The summed E-state index contributed by atoms with van der Waals surface area (Å²) in [6, 6.07) is 10.2. The maximum atomic E-state index is 12.1. The average molecular weight is 290 g/mol. The molecule has 0 heterocycles. The number of benzene rings is 1. The summed E-state index contributed by atoms with van der Waals surface area (Å²) in [6.07, 6.45) is 5.53. The third-order valence-corrected chi connectivity index (χ3v) is 4.08. The minimum atomic E-state index is 0.0717. The van der Waals surface area contributed by atoms with Crippen molar-refractivity contribution in [1.29, 1.82) is 0 Å². The summed E-state index contributed by atoms with van der Waals surface area (Å²) in [5, 5.41) is 6.43. The molecule has 1 atom stereocenters. The molecule has 4 heteroatoms. The second-order valence-corrected chi connectivity index (χ2v) is 5.84. The first-order valence-electron chi connectivity index (χ1n) is 7.33. The fraction of sp³-hybridized carbons (Fsp3) is 0.500. The molecule has 0 unspecified atom stereocenters. The van der Waals surface area contributed by atoms with Crippen LogP contribution in [-0.4, -0.2) is 11.0 Å². The Morgan fingerprint density at radius 1 is 1.20 bits per heavy atom. The van der Waals surface area contributed by atoms with Crippen LogP contribution in [0.2, 0.25) is 0 Å². The molecule has 1 aliphatic carbocycles. The minimum Gasteiger partial charge on any atom is -0.356 e. The van der Waals surface area contributed by atoms with Crippen molar-refractivity contribution in [2.24, 2.45) is 5.92 Å². The Bertz CT molecular complexity index is 455. The van der Waals surface area contributed by atoms with Crippen LogP contribution in [0.3, 0.4) is 0 Å². The summed E-state index contributed by atoms with van der Waals surface area (Å²) in [4.78, 5) is 12.1. The monoisotopic (exact) mass is 290 g/mol. The van der Waals surface area contributed by atoms with E-state index in [0.717, 1.165) is 31.2 Å². The topological polar surface area (TPSA) is 41.1 Å². The molecule has 0 aliphatic heterocycles. The standard InChI is InChI=1S/C16H22N2OS/c1-12(13-8-4-2-5-9-13)17-16(20)18-15(19)14-10-6-3-7-11-14/h2,4-5,8-9,12,14H,3,6-7,10-11H2,1H3,(H2,17,18,19,20)/t12-/m0/s1. The Kier molecular flexibility index (Phi) is 5.53. The van der Waals surface area contributed by atoms with Gasteiger partial charge < -0.3 is 10.6 Å². The van der Waals surface area contributed by atoms with Crippen LogP contribution in [0.1, 0.15) is 50.6 Å². The third-order valence-electron chi connectivity index (χ3n) is 3.86. The van der Waals surface area contributed by atoms with E-state index in [9.17, 15) is 4.79 Å². The smallest absolute Gasteiger partial charge is 0.229 e. The van der Waals surface area contributed by atoms with E-state index in [-0.39, 0.29) is 17.9 Å². The quantitative estimate of drug-likeness (QED) is 0.839. The van der Waals surface area contributed by atoms with Gasteiger partial charge in [-0.1, -0.05) is 49.6 Å². The van der Waals surface area contributed by atoms with Crippen LogP contribution in [0.25, 0.3) is 0 Å². The molecule has 20 heavy (non-hydrogen) atoms. The Balaban J connectivity index is 1.81. The molecule has 0 aromatic heterocycles.